The molecule has 0 aromatic heterocycles. The highest BCUT2D eigenvalue weighted by Crippen LogP contribution is 2.20. The lowest BCUT2D eigenvalue weighted by Gasteiger charge is -2.24. The third kappa shape index (κ3) is 4.54. The molecule has 0 saturated carbocycles. The summed E-state index contributed by atoms with van der Waals surface area (Å²) in [6.07, 6.45) is 0. The molecule has 0 spiro atoms. The molecule has 0 aliphatic rings. The maximum atomic E-state index is 10.3. The largest absolute Gasteiger partial charge is 0.383 e. The molecule has 0 saturated heterocycles. The van der Waals surface area contributed by atoms with Crippen molar-refractivity contribution in [3.05, 3.63) is 40.8 Å². The lowest BCUT2D eigenvalue weighted by atomic mass is 10.2. The van der Waals surface area contributed by atoms with Gasteiger partial charge in [-0.05, 0) is 29.4 Å². The predicted molar refractivity (Wildman–Crippen MR) is 71.0 cm³/mol. The van der Waals surface area contributed by atoms with Gasteiger partial charge in [0, 0.05) is 24.4 Å². The van der Waals surface area contributed by atoms with Crippen LogP contribution in [0.1, 0.15) is 0 Å². The Bertz CT molecular complexity index is 379. The molecule has 0 atom stereocenters. The predicted octanol–water partition coefficient (Wildman–Crippen LogP) is 3.29. The van der Waals surface area contributed by atoms with Crippen molar-refractivity contribution in [1.82, 2.24) is 0 Å². The monoisotopic (exact) mass is 254 g/mol. The maximum Gasteiger partial charge on any atom is 0.108 e. The van der Waals surface area contributed by atoms with Gasteiger partial charge in [0.2, 0.25) is 0 Å². The summed E-state index contributed by atoms with van der Waals surface area (Å²) in [4.78, 5) is 12.3. The number of rotatable bonds is 7. The van der Waals surface area contributed by atoms with Crippen molar-refractivity contribution >= 4 is 23.0 Å². The van der Waals surface area contributed by atoms with Crippen molar-refractivity contribution in [1.29, 1.82) is 0 Å². The first kappa shape index (κ1) is 13.7. The summed E-state index contributed by atoms with van der Waals surface area (Å²) in [5, 5.41) is 3.41. The van der Waals surface area contributed by atoms with Crippen LogP contribution < -0.4 is 4.90 Å². The summed E-state index contributed by atoms with van der Waals surface area (Å²) in [5.74, 6) is 0. The van der Waals surface area contributed by atoms with E-state index in [4.69, 9.17) is 16.3 Å². The van der Waals surface area contributed by atoms with Gasteiger partial charge in [0.25, 0.3) is 0 Å². The molecule has 0 bridgehead atoms. The second kappa shape index (κ2) is 7.04. The van der Waals surface area contributed by atoms with Crippen LogP contribution in [-0.2, 0) is 4.74 Å². The quantitative estimate of drug-likeness (QED) is 0.701. The number of nitrogens with zero attached hydrogens (tertiary/aromatic N) is 2. The van der Waals surface area contributed by atoms with E-state index in [1.54, 1.807) is 19.2 Å². The number of hydrogen-bond donors (Lipinski definition) is 0. The van der Waals surface area contributed by atoms with Crippen molar-refractivity contribution < 1.29 is 4.74 Å². The Hall–Kier alpha value is -1.39. The maximum absolute atomic E-state index is 10.3. The number of nitroso groups, excluding NO2 is 1. The first-order valence-corrected chi connectivity index (χ1v) is 5.55. The van der Waals surface area contributed by atoms with Crippen LogP contribution in [0.5, 0.6) is 0 Å². The highest BCUT2D eigenvalue weighted by molar-refractivity contribution is 6.29. The molecule has 0 heterocycles. The molecule has 92 valence electrons. The number of anilines is 1. The lowest BCUT2D eigenvalue weighted by molar-refractivity contribution is 0.205. The zero-order valence-electron chi connectivity index (χ0n) is 9.73. The second-order valence-corrected chi connectivity index (χ2v) is 4.07. The third-order valence-corrected chi connectivity index (χ3v) is 2.37. The molecule has 0 amide bonds. The molecule has 5 heteroatoms. The Balaban J connectivity index is 2.79. The summed E-state index contributed by atoms with van der Waals surface area (Å²) in [6.45, 7) is 5.52. The smallest absolute Gasteiger partial charge is 0.108 e. The Morgan fingerprint density at radius 3 is 2.59 bits per heavy atom. The van der Waals surface area contributed by atoms with Gasteiger partial charge in [0.05, 0.1) is 13.2 Å². The number of halogens is 1. The highest BCUT2D eigenvalue weighted by atomic mass is 35.5. The van der Waals surface area contributed by atoms with Crippen molar-refractivity contribution in [3.63, 3.8) is 0 Å². The molecule has 4 nitrogen and oxygen atoms in total. The summed E-state index contributed by atoms with van der Waals surface area (Å²) in [7, 11) is 1.65. The zero-order valence-corrected chi connectivity index (χ0v) is 10.5. The number of hydrogen-bond acceptors (Lipinski definition) is 4. The summed E-state index contributed by atoms with van der Waals surface area (Å²) >= 11 is 5.81. The van der Waals surface area contributed by atoms with Crippen molar-refractivity contribution in [2.24, 2.45) is 5.18 Å². The molecular formula is C12H15ClN2O2. The average Bonchev–Trinajstić information content (AvgIpc) is 2.34. The van der Waals surface area contributed by atoms with E-state index in [0.29, 0.717) is 30.4 Å². The van der Waals surface area contributed by atoms with E-state index in [0.717, 1.165) is 5.69 Å². The molecule has 0 N–H and O–H groups in total. The minimum atomic E-state index is 0.408. The molecule has 1 rings (SSSR count). The van der Waals surface area contributed by atoms with Crippen molar-refractivity contribution in [2.45, 2.75) is 0 Å². The molecule has 1 aromatic rings. The number of benzene rings is 1. The average molecular weight is 255 g/mol. The first-order valence-electron chi connectivity index (χ1n) is 5.18. The Morgan fingerprint density at radius 1 is 1.47 bits per heavy atom. The van der Waals surface area contributed by atoms with Crippen LogP contribution in [0.2, 0.25) is 0 Å². The van der Waals surface area contributed by atoms with Gasteiger partial charge < -0.3 is 9.64 Å². The lowest BCUT2D eigenvalue weighted by Crippen LogP contribution is -2.28. The van der Waals surface area contributed by atoms with E-state index in [2.05, 4.69) is 11.8 Å². The normalized spacial score (nSPS) is 10.0. The van der Waals surface area contributed by atoms with E-state index in [1.807, 2.05) is 17.0 Å². The molecule has 0 fully saturated rings. The SMILES string of the molecule is C=C(Cl)CN(CCOC)c1ccc(N=O)cc1. The summed E-state index contributed by atoms with van der Waals surface area (Å²) in [5.41, 5.74) is 1.36. The second-order valence-electron chi connectivity index (χ2n) is 3.54. The minimum Gasteiger partial charge on any atom is -0.383 e. The summed E-state index contributed by atoms with van der Waals surface area (Å²) < 4.78 is 5.04. The molecule has 0 radical (unpaired) electrons. The van der Waals surface area contributed by atoms with Crippen LogP contribution >= 0.6 is 11.6 Å². The molecular weight excluding hydrogens is 240 g/mol. The van der Waals surface area contributed by atoms with Crippen LogP contribution in [0.4, 0.5) is 11.4 Å². The first-order chi connectivity index (χ1) is 8.17. The van der Waals surface area contributed by atoms with E-state index in [-0.39, 0.29) is 0 Å². The van der Waals surface area contributed by atoms with Gasteiger partial charge in [0.15, 0.2) is 0 Å². The third-order valence-electron chi connectivity index (χ3n) is 2.25. The van der Waals surface area contributed by atoms with E-state index in [1.165, 1.54) is 0 Å². The van der Waals surface area contributed by atoms with Gasteiger partial charge in [-0.1, -0.05) is 18.2 Å². The topological polar surface area (TPSA) is 41.9 Å². The fraction of sp³-hybridized carbons (Fsp3) is 0.333. The highest BCUT2D eigenvalue weighted by Gasteiger charge is 2.07. The van der Waals surface area contributed by atoms with E-state index < -0.39 is 0 Å². The summed E-state index contributed by atoms with van der Waals surface area (Å²) in [6, 6.07) is 6.98. The van der Waals surface area contributed by atoms with E-state index >= 15 is 0 Å². The standard InChI is InChI=1S/C12H15ClN2O2/c1-10(13)9-15(7-8-17-2)12-5-3-11(14-16)4-6-12/h3-6H,1,7-9H2,2H3. The molecule has 17 heavy (non-hydrogen) atoms. The van der Waals surface area contributed by atoms with Gasteiger partial charge in [-0.3, -0.25) is 0 Å². The van der Waals surface area contributed by atoms with Crippen LogP contribution in [-0.4, -0.2) is 26.8 Å². The number of methoxy groups -OCH3 is 1. The molecule has 0 aliphatic carbocycles. The van der Waals surface area contributed by atoms with E-state index in [9.17, 15) is 4.91 Å². The Kier molecular flexibility index (Phi) is 5.66. The minimum absolute atomic E-state index is 0.408. The van der Waals surface area contributed by atoms with Crippen molar-refractivity contribution in [2.75, 3.05) is 31.7 Å². The van der Waals surface area contributed by atoms with Gasteiger partial charge in [-0.15, -0.1) is 4.91 Å². The fourth-order valence-electron chi connectivity index (χ4n) is 1.43. The Labute approximate surface area is 106 Å². The van der Waals surface area contributed by atoms with Crippen LogP contribution in [0, 0.1) is 4.91 Å². The molecule has 0 unspecified atom stereocenters. The number of ether oxygens (including phenoxy) is 1. The van der Waals surface area contributed by atoms with Gasteiger partial charge in [-0.2, -0.15) is 0 Å². The fourth-order valence-corrected chi connectivity index (χ4v) is 1.58. The van der Waals surface area contributed by atoms with Crippen LogP contribution in [0.3, 0.4) is 0 Å². The molecule has 1 aromatic carbocycles. The Morgan fingerprint density at radius 2 is 2.12 bits per heavy atom. The van der Waals surface area contributed by atoms with Crippen LogP contribution in [0.15, 0.2) is 41.1 Å². The van der Waals surface area contributed by atoms with Gasteiger partial charge >= 0.3 is 0 Å². The zero-order chi connectivity index (χ0) is 12.7. The van der Waals surface area contributed by atoms with Crippen molar-refractivity contribution in [3.8, 4) is 0 Å². The van der Waals surface area contributed by atoms with Gasteiger partial charge in [-0.25, -0.2) is 0 Å². The molecule has 0 aliphatic heterocycles. The van der Waals surface area contributed by atoms with Crippen LogP contribution in [0.25, 0.3) is 0 Å². The van der Waals surface area contributed by atoms with Gasteiger partial charge in [0.1, 0.15) is 5.69 Å².